The minimum atomic E-state index is -0.244. The van der Waals surface area contributed by atoms with Crippen LogP contribution in [0, 0.1) is 0 Å². The minimum Gasteiger partial charge on any atom is -0.467 e. The Labute approximate surface area is 116 Å². The van der Waals surface area contributed by atoms with Crippen LogP contribution in [0.3, 0.4) is 0 Å². The number of hydrogen-bond acceptors (Lipinski definition) is 4. The number of aromatic nitrogens is 2. The summed E-state index contributed by atoms with van der Waals surface area (Å²) in [5, 5.41) is 4.09. The maximum Gasteiger partial charge on any atom is 0.274 e. The lowest BCUT2D eigenvalue weighted by Gasteiger charge is -2.15. The molecular weight excluding hydrogens is 258 g/mol. The number of amides is 1. The van der Waals surface area contributed by atoms with Crippen LogP contribution in [0.5, 0.6) is 0 Å². The first-order valence-electron chi connectivity index (χ1n) is 6.48. The van der Waals surface area contributed by atoms with Crippen molar-refractivity contribution in [2.45, 2.75) is 26.4 Å². The highest BCUT2D eigenvalue weighted by Gasteiger charge is 2.15. The lowest BCUT2D eigenvalue weighted by atomic mass is 10.3. The number of nitrogens with zero attached hydrogens (tertiary/aromatic N) is 3. The van der Waals surface area contributed by atoms with E-state index in [4.69, 9.17) is 4.42 Å². The van der Waals surface area contributed by atoms with E-state index in [9.17, 15) is 9.59 Å². The largest absolute Gasteiger partial charge is 0.467 e. The molecule has 6 heteroatoms. The van der Waals surface area contributed by atoms with Gasteiger partial charge >= 0.3 is 0 Å². The van der Waals surface area contributed by atoms with E-state index < -0.39 is 0 Å². The fourth-order valence-electron chi connectivity index (χ4n) is 1.84. The summed E-state index contributed by atoms with van der Waals surface area (Å²) in [7, 11) is 1.67. The van der Waals surface area contributed by atoms with Gasteiger partial charge in [-0.1, -0.05) is 6.92 Å². The first-order chi connectivity index (χ1) is 9.61. The molecule has 106 valence electrons. The molecule has 0 aliphatic heterocycles. The molecule has 0 unspecified atom stereocenters. The van der Waals surface area contributed by atoms with Gasteiger partial charge in [-0.05, 0) is 24.6 Å². The highest BCUT2D eigenvalue weighted by Crippen LogP contribution is 2.06. The normalized spacial score (nSPS) is 10.5. The fourth-order valence-corrected chi connectivity index (χ4v) is 1.84. The standard InChI is InChI=1S/C14H17N3O3/c1-3-8-17-13(18)7-6-12(15-17)14(19)16(2)10-11-5-4-9-20-11/h4-7,9H,3,8,10H2,1-2H3. The van der Waals surface area contributed by atoms with Gasteiger partial charge in [0.1, 0.15) is 11.5 Å². The van der Waals surface area contributed by atoms with E-state index in [0.717, 1.165) is 6.42 Å². The van der Waals surface area contributed by atoms with E-state index in [1.165, 1.54) is 21.7 Å². The van der Waals surface area contributed by atoms with Crippen molar-refractivity contribution < 1.29 is 9.21 Å². The van der Waals surface area contributed by atoms with Gasteiger partial charge in [0.25, 0.3) is 11.5 Å². The van der Waals surface area contributed by atoms with Crippen molar-refractivity contribution in [1.82, 2.24) is 14.7 Å². The fraction of sp³-hybridized carbons (Fsp3) is 0.357. The molecule has 0 aliphatic carbocycles. The van der Waals surface area contributed by atoms with Crippen LogP contribution in [-0.4, -0.2) is 27.6 Å². The van der Waals surface area contributed by atoms with E-state index in [1.54, 1.807) is 25.4 Å². The predicted octanol–water partition coefficient (Wildman–Crippen LogP) is 1.52. The van der Waals surface area contributed by atoms with Crippen molar-refractivity contribution in [3.05, 3.63) is 52.3 Å². The highest BCUT2D eigenvalue weighted by atomic mass is 16.3. The summed E-state index contributed by atoms with van der Waals surface area (Å²) in [5.41, 5.74) is 0.0594. The Morgan fingerprint density at radius 3 is 2.85 bits per heavy atom. The molecular formula is C14H17N3O3. The zero-order chi connectivity index (χ0) is 14.5. The molecule has 0 saturated carbocycles. The predicted molar refractivity (Wildman–Crippen MR) is 73.3 cm³/mol. The average Bonchev–Trinajstić information content (AvgIpc) is 2.93. The van der Waals surface area contributed by atoms with Crippen molar-refractivity contribution in [2.75, 3.05) is 7.05 Å². The molecule has 20 heavy (non-hydrogen) atoms. The Hall–Kier alpha value is -2.37. The molecule has 0 radical (unpaired) electrons. The van der Waals surface area contributed by atoms with Crippen LogP contribution in [0.1, 0.15) is 29.6 Å². The number of rotatable bonds is 5. The van der Waals surface area contributed by atoms with Gasteiger partial charge < -0.3 is 9.32 Å². The summed E-state index contributed by atoms with van der Waals surface area (Å²) in [4.78, 5) is 25.3. The molecule has 0 fully saturated rings. The monoisotopic (exact) mass is 275 g/mol. The van der Waals surface area contributed by atoms with Crippen LogP contribution < -0.4 is 5.56 Å². The molecule has 2 aromatic heterocycles. The maximum atomic E-state index is 12.2. The highest BCUT2D eigenvalue weighted by molar-refractivity contribution is 5.91. The molecule has 2 aromatic rings. The van der Waals surface area contributed by atoms with E-state index in [-0.39, 0.29) is 17.2 Å². The van der Waals surface area contributed by atoms with Gasteiger partial charge in [0.05, 0.1) is 12.8 Å². The summed E-state index contributed by atoms with van der Waals surface area (Å²) in [5.74, 6) is 0.453. The molecule has 0 aliphatic rings. The summed E-state index contributed by atoms with van der Waals surface area (Å²) in [6.45, 7) is 2.81. The van der Waals surface area contributed by atoms with E-state index in [0.29, 0.717) is 18.8 Å². The van der Waals surface area contributed by atoms with E-state index in [2.05, 4.69) is 5.10 Å². The first-order valence-corrected chi connectivity index (χ1v) is 6.48. The third-order valence-corrected chi connectivity index (χ3v) is 2.84. The van der Waals surface area contributed by atoms with Crippen LogP contribution in [0.4, 0.5) is 0 Å². The number of hydrogen-bond donors (Lipinski definition) is 0. The third-order valence-electron chi connectivity index (χ3n) is 2.84. The molecule has 0 N–H and O–H groups in total. The van der Waals surface area contributed by atoms with Crippen molar-refractivity contribution in [3.63, 3.8) is 0 Å². The molecule has 6 nitrogen and oxygen atoms in total. The second kappa shape index (κ2) is 6.18. The third kappa shape index (κ3) is 3.14. The quantitative estimate of drug-likeness (QED) is 0.829. The average molecular weight is 275 g/mol. The molecule has 0 atom stereocenters. The Bertz CT molecular complexity index is 631. The van der Waals surface area contributed by atoms with Crippen LogP contribution in [0.15, 0.2) is 39.7 Å². The second-order valence-electron chi connectivity index (χ2n) is 4.52. The molecule has 0 saturated heterocycles. The number of furan rings is 1. The van der Waals surface area contributed by atoms with Crippen LogP contribution in [0.25, 0.3) is 0 Å². The SMILES string of the molecule is CCCn1nc(C(=O)N(C)Cc2ccco2)ccc1=O. The van der Waals surface area contributed by atoms with Crippen molar-refractivity contribution >= 4 is 5.91 Å². The topological polar surface area (TPSA) is 68.3 Å². The first kappa shape index (κ1) is 14.0. The Morgan fingerprint density at radius 1 is 1.40 bits per heavy atom. The van der Waals surface area contributed by atoms with Crippen LogP contribution >= 0.6 is 0 Å². The summed E-state index contributed by atoms with van der Waals surface area (Å²) in [6, 6.07) is 6.40. The maximum absolute atomic E-state index is 12.2. The van der Waals surface area contributed by atoms with Gasteiger partial charge in [0.2, 0.25) is 0 Å². The number of carbonyl (C=O) groups is 1. The zero-order valence-electron chi connectivity index (χ0n) is 11.6. The van der Waals surface area contributed by atoms with Gasteiger partial charge in [-0.15, -0.1) is 0 Å². The number of carbonyl (C=O) groups excluding carboxylic acids is 1. The smallest absolute Gasteiger partial charge is 0.274 e. The summed E-state index contributed by atoms with van der Waals surface area (Å²) >= 11 is 0. The van der Waals surface area contributed by atoms with E-state index in [1.807, 2.05) is 6.92 Å². The van der Waals surface area contributed by atoms with Gasteiger partial charge in [-0.3, -0.25) is 9.59 Å². The van der Waals surface area contributed by atoms with Gasteiger partial charge in [-0.25, -0.2) is 4.68 Å². The Kier molecular flexibility index (Phi) is 4.34. The van der Waals surface area contributed by atoms with Gasteiger partial charge in [-0.2, -0.15) is 5.10 Å². The van der Waals surface area contributed by atoms with Crippen molar-refractivity contribution in [3.8, 4) is 0 Å². The van der Waals surface area contributed by atoms with Crippen LogP contribution in [-0.2, 0) is 13.1 Å². The van der Waals surface area contributed by atoms with Gasteiger partial charge in [0, 0.05) is 19.7 Å². The second-order valence-corrected chi connectivity index (χ2v) is 4.52. The molecule has 0 aromatic carbocycles. The molecule has 2 rings (SSSR count). The Balaban J connectivity index is 2.16. The zero-order valence-corrected chi connectivity index (χ0v) is 11.6. The van der Waals surface area contributed by atoms with Gasteiger partial charge in [0.15, 0.2) is 0 Å². The molecule has 0 spiro atoms. The minimum absolute atomic E-state index is 0.197. The Morgan fingerprint density at radius 2 is 2.20 bits per heavy atom. The van der Waals surface area contributed by atoms with Crippen LogP contribution in [0.2, 0.25) is 0 Å². The molecule has 0 bridgehead atoms. The lowest BCUT2D eigenvalue weighted by molar-refractivity contribution is 0.0766. The van der Waals surface area contributed by atoms with E-state index >= 15 is 0 Å². The number of aryl methyl sites for hydroxylation is 1. The van der Waals surface area contributed by atoms with Crippen molar-refractivity contribution in [2.24, 2.45) is 0 Å². The molecule has 2 heterocycles. The van der Waals surface area contributed by atoms with Crippen molar-refractivity contribution in [1.29, 1.82) is 0 Å². The molecule has 1 amide bonds. The lowest BCUT2D eigenvalue weighted by Crippen LogP contribution is -2.30. The summed E-state index contributed by atoms with van der Waals surface area (Å²) in [6.07, 6.45) is 2.35. The summed E-state index contributed by atoms with van der Waals surface area (Å²) < 4.78 is 6.52.